The molecule has 1 aliphatic heterocycles. The molecule has 1 amide bonds. The number of nitrogens with zero attached hydrogens (tertiary/aromatic N) is 2. The number of carboxylic acid groups (broad SMARTS) is 1. The van der Waals surface area contributed by atoms with E-state index < -0.39 is 34.7 Å². The number of aryl methyl sites for hydroxylation is 1. The summed E-state index contributed by atoms with van der Waals surface area (Å²) in [6, 6.07) is 9.69. The van der Waals surface area contributed by atoms with Crippen LogP contribution >= 0.6 is 0 Å². The number of aliphatic carboxylic acids is 1. The Bertz CT molecular complexity index is 1210. The van der Waals surface area contributed by atoms with Gasteiger partial charge in [-0.3, -0.25) is 14.6 Å². The first-order valence-electron chi connectivity index (χ1n) is 13.3. The third-order valence-corrected chi connectivity index (χ3v) is 9.15. The van der Waals surface area contributed by atoms with Gasteiger partial charge in [0.25, 0.3) is 0 Å². The van der Waals surface area contributed by atoms with Gasteiger partial charge in [-0.15, -0.1) is 0 Å². The van der Waals surface area contributed by atoms with Crippen molar-refractivity contribution in [2.24, 2.45) is 11.8 Å². The lowest BCUT2D eigenvalue weighted by Gasteiger charge is -2.44. The highest BCUT2D eigenvalue weighted by Gasteiger charge is 2.56. The molecule has 3 atom stereocenters. The van der Waals surface area contributed by atoms with Crippen molar-refractivity contribution >= 4 is 11.9 Å². The molecule has 1 saturated heterocycles. The summed E-state index contributed by atoms with van der Waals surface area (Å²) in [6.07, 6.45) is 0.875. The van der Waals surface area contributed by atoms with Gasteiger partial charge in [-0.2, -0.15) is 13.2 Å². The fraction of sp³-hybridized carbons (Fsp3) is 0.552. The van der Waals surface area contributed by atoms with Crippen LogP contribution in [0.4, 0.5) is 17.6 Å². The number of carboxylic acids is 1. The topological polar surface area (TPSA) is 70.5 Å². The second-order valence-corrected chi connectivity index (χ2v) is 11.2. The van der Waals surface area contributed by atoms with Gasteiger partial charge in [0.1, 0.15) is 0 Å². The molecule has 204 valence electrons. The van der Waals surface area contributed by atoms with E-state index in [0.717, 1.165) is 11.3 Å². The molecule has 0 radical (unpaired) electrons. The minimum absolute atomic E-state index is 0.0372. The van der Waals surface area contributed by atoms with Crippen molar-refractivity contribution in [1.29, 1.82) is 0 Å². The Labute approximate surface area is 219 Å². The number of aromatic nitrogens is 1. The van der Waals surface area contributed by atoms with E-state index in [1.807, 2.05) is 23.1 Å². The molecule has 0 spiro atoms. The average molecular weight is 533 g/mol. The number of hydrogen-bond donors (Lipinski definition) is 1. The SMILES string of the molecule is CC(F)(c1ccc2c(c1)CCC1N(C(=O)C3CCC(C(=O)O)CC3)CCC21Cc1ccccn1)C(F)(F)F. The molecule has 38 heavy (non-hydrogen) atoms. The Hall–Kier alpha value is -2.97. The maximum atomic E-state index is 14.8. The lowest BCUT2D eigenvalue weighted by molar-refractivity contribution is -0.228. The number of amides is 1. The molecule has 1 N–H and O–H groups in total. The number of carbonyl (C=O) groups is 2. The highest BCUT2D eigenvalue weighted by Crippen LogP contribution is 2.51. The van der Waals surface area contributed by atoms with Crippen molar-refractivity contribution in [1.82, 2.24) is 9.88 Å². The normalized spacial score (nSPS) is 28.8. The molecule has 1 saturated carbocycles. The average Bonchev–Trinajstić information content (AvgIpc) is 3.27. The van der Waals surface area contributed by atoms with Crippen molar-refractivity contribution in [3.63, 3.8) is 0 Å². The number of rotatable bonds is 5. The number of alkyl halides is 4. The van der Waals surface area contributed by atoms with Gasteiger partial charge in [0.15, 0.2) is 0 Å². The Morgan fingerprint density at radius 1 is 1.05 bits per heavy atom. The van der Waals surface area contributed by atoms with Crippen molar-refractivity contribution in [3.8, 4) is 0 Å². The molecule has 2 fully saturated rings. The van der Waals surface area contributed by atoms with Crippen molar-refractivity contribution in [2.75, 3.05) is 6.54 Å². The lowest BCUT2D eigenvalue weighted by Crippen LogP contribution is -2.51. The summed E-state index contributed by atoms with van der Waals surface area (Å²) in [5, 5.41) is 9.32. The van der Waals surface area contributed by atoms with Gasteiger partial charge in [0, 0.05) is 42.2 Å². The molecule has 2 aromatic rings. The van der Waals surface area contributed by atoms with Gasteiger partial charge >= 0.3 is 12.1 Å². The molecule has 5 rings (SSSR count). The fourth-order valence-corrected chi connectivity index (χ4v) is 6.93. The first kappa shape index (κ1) is 26.6. The molecule has 2 aliphatic carbocycles. The second-order valence-electron chi connectivity index (χ2n) is 11.2. The van der Waals surface area contributed by atoms with E-state index in [4.69, 9.17) is 0 Å². The van der Waals surface area contributed by atoms with Gasteiger partial charge in [-0.25, -0.2) is 4.39 Å². The number of halogens is 4. The lowest BCUT2D eigenvalue weighted by atomic mass is 9.64. The Balaban J connectivity index is 1.49. The third-order valence-electron chi connectivity index (χ3n) is 9.15. The van der Waals surface area contributed by atoms with Crippen LogP contribution in [0.25, 0.3) is 0 Å². The van der Waals surface area contributed by atoms with E-state index in [1.165, 1.54) is 12.1 Å². The summed E-state index contributed by atoms with van der Waals surface area (Å²) in [4.78, 5) is 31.5. The van der Waals surface area contributed by atoms with E-state index in [0.29, 0.717) is 70.4 Å². The smallest absolute Gasteiger partial charge is 0.426 e. The summed E-state index contributed by atoms with van der Waals surface area (Å²) < 4.78 is 55.2. The zero-order valence-corrected chi connectivity index (χ0v) is 21.3. The number of fused-ring (bicyclic) bond motifs is 3. The number of carbonyl (C=O) groups excluding carboxylic acids is 1. The third kappa shape index (κ3) is 4.47. The molecule has 1 aromatic carbocycles. The first-order valence-corrected chi connectivity index (χ1v) is 13.3. The van der Waals surface area contributed by atoms with Gasteiger partial charge in [0.05, 0.1) is 5.92 Å². The van der Waals surface area contributed by atoms with E-state index in [2.05, 4.69) is 4.98 Å². The van der Waals surface area contributed by atoms with E-state index in [9.17, 15) is 32.3 Å². The van der Waals surface area contributed by atoms with Crippen LogP contribution in [0.2, 0.25) is 0 Å². The van der Waals surface area contributed by atoms with Gasteiger partial charge < -0.3 is 10.0 Å². The number of likely N-dealkylation sites (tertiary alicyclic amines) is 1. The monoisotopic (exact) mass is 532 g/mol. The molecule has 2 heterocycles. The van der Waals surface area contributed by atoms with Crippen LogP contribution in [0.15, 0.2) is 42.6 Å². The molecule has 1 aromatic heterocycles. The van der Waals surface area contributed by atoms with Crippen molar-refractivity contribution in [3.05, 3.63) is 65.0 Å². The van der Waals surface area contributed by atoms with Gasteiger partial charge in [-0.1, -0.05) is 24.3 Å². The summed E-state index contributed by atoms with van der Waals surface area (Å²) in [5.74, 6) is -1.41. The molecular weight excluding hydrogens is 500 g/mol. The Morgan fingerprint density at radius 2 is 1.76 bits per heavy atom. The number of hydrogen-bond acceptors (Lipinski definition) is 3. The minimum atomic E-state index is -5.03. The summed E-state index contributed by atoms with van der Waals surface area (Å²) in [6.45, 7) is 1.07. The molecule has 3 aliphatic rings. The van der Waals surface area contributed by atoms with Crippen LogP contribution in [0.1, 0.15) is 67.8 Å². The number of pyridine rings is 1. The highest BCUT2D eigenvalue weighted by molar-refractivity contribution is 5.80. The zero-order chi connectivity index (χ0) is 27.3. The Kier molecular flexibility index (Phi) is 6.76. The second kappa shape index (κ2) is 9.65. The predicted octanol–water partition coefficient (Wildman–Crippen LogP) is 5.75. The van der Waals surface area contributed by atoms with Crippen LogP contribution in [0, 0.1) is 11.8 Å². The zero-order valence-electron chi connectivity index (χ0n) is 21.3. The van der Waals surface area contributed by atoms with Crippen LogP contribution < -0.4 is 0 Å². The van der Waals surface area contributed by atoms with Crippen LogP contribution in [-0.4, -0.2) is 45.6 Å². The summed E-state index contributed by atoms with van der Waals surface area (Å²) >= 11 is 0. The van der Waals surface area contributed by atoms with Crippen molar-refractivity contribution in [2.45, 2.75) is 81.6 Å². The van der Waals surface area contributed by atoms with Crippen molar-refractivity contribution < 1.29 is 32.3 Å². The molecule has 9 heteroatoms. The number of benzene rings is 1. The van der Waals surface area contributed by atoms with Gasteiger partial charge in [0.2, 0.25) is 11.6 Å². The molecule has 0 bridgehead atoms. The van der Waals surface area contributed by atoms with Gasteiger partial charge in [-0.05, 0) is 80.7 Å². The van der Waals surface area contributed by atoms with E-state index >= 15 is 0 Å². The molecule has 3 unspecified atom stereocenters. The fourth-order valence-electron chi connectivity index (χ4n) is 6.93. The highest BCUT2D eigenvalue weighted by atomic mass is 19.4. The maximum absolute atomic E-state index is 14.8. The Morgan fingerprint density at radius 3 is 2.39 bits per heavy atom. The molecular formula is C29H32F4N2O3. The van der Waals surface area contributed by atoms with Crippen LogP contribution in [0.3, 0.4) is 0 Å². The summed E-state index contributed by atoms with van der Waals surface area (Å²) in [5.41, 5.74) is -2.02. The molecule has 5 nitrogen and oxygen atoms in total. The van der Waals surface area contributed by atoms with E-state index in [1.54, 1.807) is 12.3 Å². The van der Waals surface area contributed by atoms with Crippen LogP contribution in [0.5, 0.6) is 0 Å². The maximum Gasteiger partial charge on any atom is 0.426 e. The quantitative estimate of drug-likeness (QED) is 0.498. The standard InChI is InChI=1S/C29H32F4N2O3/c1-27(30,29(31,32)33)21-10-11-23-20(16-21)9-12-24-28(23,17-22-4-2-3-14-34-22)13-15-35(24)25(36)18-5-7-19(8-6-18)26(37)38/h2-4,10-11,14,16,18-19,24H,5-9,12-13,15,17H2,1H3,(H,37,38). The summed E-state index contributed by atoms with van der Waals surface area (Å²) in [7, 11) is 0. The predicted molar refractivity (Wildman–Crippen MR) is 132 cm³/mol. The first-order chi connectivity index (χ1) is 17.9. The largest absolute Gasteiger partial charge is 0.481 e. The van der Waals surface area contributed by atoms with E-state index in [-0.39, 0.29) is 17.9 Å². The minimum Gasteiger partial charge on any atom is -0.481 e. The van der Waals surface area contributed by atoms with Crippen LogP contribution in [-0.2, 0) is 33.5 Å².